The molecule has 3 rings (SSSR count). The second-order valence-corrected chi connectivity index (χ2v) is 5.90. The summed E-state index contributed by atoms with van der Waals surface area (Å²) in [5.74, 6) is 0.973. The molecule has 0 bridgehead atoms. The van der Waals surface area contributed by atoms with Gasteiger partial charge in [-0.3, -0.25) is 4.68 Å². The summed E-state index contributed by atoms with van der Waals surface area (Å²) in [4.78, 5) is 0. The molecule has 0 amide bonds. The average molecular weight is 260 g/mol. The van der Waals surface area contributed by atoms with E-state index in [-0.39, 0.29) is 0 Å². The maximum Gasteiger partial charge on any atom is 0.0682 e. The lowest BCUT2D eigenvalue weighted by Gasteiger charge is -2.36. The molecule has 2 aromatic rings. The summed E-state index contributed by atoms with van der Waals surface area (Å²) >= 11 is 4.61. The molecule has 0 aliphatic heterocycles. The Balaban J connectivity index is 1.90. The van der Waals surface area contributed by atoms with Crippen LogP contribution in [0.25, 0.3) is 10.9 Å². The number of nitrogens with zero attached hydrogens (tertiary/aromatic N) is 2. The number of hydrogen-bond donors (Lipinski definition) is 1. The number of para-hydroxylation sites is 1. The molecule has 1 heterocycles. The minimum absolute atomic E-state index is 0.357. The first kappa shape index (κ1) is 12.1. The third-order valence-electron chi connectivity index (χ3n) is 4.29. The molecule has 1 aliphatic carbocycles. The third-order valence-corrected chi connectivity index (χ3v) is 4.96. The summed E-state index contributed by atoms with van der Waals surface area (Å²) in [6, 6.07) is 8.46. The summed E-state index contributed by atoms with van der Waals surface area (Å²) in [6.07, 6.45) is 8.65. The molecule has 96 valence electrons. The molecule has 0 atom stereocenters. The fourth-order valence-electron chi connectivity index (χ4n) is 3.14. The Morgan fingerprint density at radius 3 is 2.72 bits per heavy atom. The monoisotopic (exact) mass is 260 g/mol. The molecule has 1 saturated carbocycles. The normalized spacial score (nSPS) is 19.2. The number of fused-ring (bicyclic) bond motifs is 1. The van der Waals surface area contributed by atoms with Gasteiger partial charge in [0.1, 0.15) is 0 Å². The van der Waals surface area contributed by atoms with Gasteiger partial charge < -0.3 is 0 Å². The van der Waals surface area contributed by atoms with Gasteiger partial charge in [-0.05, 0) is 30.1 Å². The van der Waals surface area contributed by atoms with Crippen molar-refractivity contribution >= 4 is 23.5 Å². The Kier molecular flexibility index (Phi) is 3.33. The predicted octanol–water partition coefficient (Wildman–Crippen LogP) is 3.92. The summed E-state index contributed by atoms with van der Waals surface area (Å²) < 4.78 is 2.18. The number of benzene rings is 1. The van der Waals surface area contributed by atoms with Crippen molar-refractivity contribution in [2.45, 2.75) is 38.6 Å². The van der Waals surface area contributed by atoms with Crippen molar-refractivity contribution in [3.8, 4) is 0 Å². The molecule has 18 heavy (non-hydrogen) atoms. The van der Waals surface area contributed by atoms with E-state index in [1.54, 1.807) is 0 Å². The number of hydrogen-bond acceptors (Lipinski definition) is 2. The van der Waals surface area contributed by atoms with Crippen molar-refractivity contribution < 1.29 is 0 Å². The zero-order chi connectivity index (χ0) is 12.4. The van der Waals surface area contributed by atoms with E-state index in [4.69, 9.17) is 0 Å². The average Bonchev–Trinajstić information content (AvgIpc) is 2.83. The SMILES string of the molecule is SCC1(Cn2ncc3ccccc32)CCCCC1. The van der Waals surface area contributed by atoms with Gasteiger partial charge in [0.2, 0.25) is 0 Å². The second-order valence-electron chi connectivity index (χ2n) is 5.58. The van der Waals surface area contributed by atoms with Crippen LogP contribution in [0.4, 0.5) is 0 Å². The van der Waals surface area contributed by atoms with Gasteiger partial charge in [-0.2, -0.15) is 17.7 Å². The van der Waals surface area contributed by atoms with Crippen molar-refractivity contribution in [2.75, 3.05) is 5.75 Å². The molecule has 1 aromatic carbocycles. The minimum Gasteiger partial charge on any atom is -0.264 e. The van der Waals surface area contributed by atoms with Crippen LogP contribution >= 0.6 is 12.6 Å². The van der Waals surface area contributed by atoms with Crippen molar-refractivity contribution in [3.05, 3.63) is 30.5 Å². The molecule has 3 heteroatoms. The number of rotatable bonds is 3. The highest BCUT2D eigenvalue weighted by atomic mass is 32.1. The van der Waals surface area contributed by atoms with Gasteiger partial charge >= 0.3 is 0 Å². The summed E-state index contributed by atoms with van der Waals surface area (Å²) in [6.45, 7) is 1.02. The van der Waals surface area contributed by atoms with E-state index in [1.807, 2.05) is 6.20 Å². The van der Waals surface area contributed by atoms with Crippen LogP contribution in [0.1, 0.15) is 32.1 Å². The molecule has 0 unspecified atom stereocenters. The first-order valence-electron chi connectivity index (χ1n) is 6.84. The molecule has 0 N–H and O–H groups in total. The Labute approximate surface area is 114 Å². The van der Waals surface area contributed by atoms with Crippen molar-refractivity contribution in [1.29, 1.82) is 0 Å². The molecule has 1 fully saturated rings. The Morgan fingerprint density at radius 1 is 1.17 bits per heavy atom. The Hall–Kier alpha value is -0.960. The van der Waals surface area contributed by atoms with Crippen molar-refractivity contribution in [3.63, 3.8) is 0 Å². The van der Waals surface area contributed by atoms with Gasteiger partial charge in [-0.1, -0.05) is 37.5 Å². The van der Waals surface area contributed by atoms with Crippen LogP contribution in [0, 0.1) is 5.41 Å². The summed E-state index contributed by atoms with van der Waals surface area (Å²) in [7, 11) is 0. The fraction of sp³-hybridized carbons (Fsp3) is 0.533. The van der Waals surface area contributed by atoms with Gasteiger partial charge in [0.05, 0.1) is 11.7 Å². The fourth-order valence-corrected chi connectivity index (χ4v) is 3.55. The summed E-state index contributed by atoms with van der Waals surface area (Å²) in [5.41, 5.74) is 1.61. The Bertz CT molecular complexity index is 526. The second kappa shape index (κ2) is 4.96. The first-order chi connectivity index (χ1) is 8.83. The van der Waals surface area contributed by atoms with Crippen LogP contribution in [0.5, 0.6) is 0 Å². The van der Waals surface area contributed by atoms with Gasteiger partial charge in [0, 0.05) is 11.9 Å². The van der Waals surface area contributed by atoms with Gasteiger partial charge in [0.25, 0.3) is 0 Å². The van der Waals surface area contributed by atoms with Crippen LogP contribution in [0.2, 0.25) is 0 Å². The summed E-state index contributed by atoms with van der Waals surface area (Å²) in [5, 5.41) is 5.80. The molecular weight excluding hydrogens is 240 g/mol. The van der Waals surface area contributed by atoms with Gasteiger partial charge in [-0.15, -0.1) is 0 Å². The van der Waals surface area contributed by atoms with Crippen LogP contribution in [-0.4, -0.2) is 15.5 Å². The zero-order valence-corrected chi connectivity index (χ0v) is 11.6. The van der Waals surface area contributed by atoms with E-state index in [1.165, 1.54) is 43.0 Å². The van der Waals surface area contributed by atoms with E-state index in [0.717, 1.165) is 12.3 Å². The lowest BCUT2D eigenvalue weighted by Crippen LogP contribution is -2.31. The lowest BCUT2D eigenvalue weighted by atomic mass is 9.75. The van der Waals surface area contributed by atoms with Crippen LogP contribution in [-0.2, 0) is 6.54 Å². The molecule has 2 nitrogen and oxygen atoms in total. The molecule has 0 spiro atoms. The maximum absolute atomic E-state index is 4.61. The molecule has 1 aliphatic rings. The van der Waals surface area contributed by atoms with Gasteiger partial charge in [-0.25, -0.2) is 0 Å². The van der Waals surface area contributed by atoms with Crippen LogP contribution in [0.15, 0.2) is 30.5 Å². The molecule has 0 radical (unpaired) electrons. The highest BCUT2D eigenvalue weighted by Gasteiger charge is 2.31. The van der Waals surface area contributed by atoms with Gasteiger partial charge in [0.15, 0.2) is 0 Å². The molecular formula is C15H20N2S. The molecule has 0 saturated heterocycles. The van der Waals surface area contributed by atoms with Crippen LogP contribution in [0.3, 0.4) is 0 Å². The largest absolute Gasteiger partial charge is 0.264 e. The van der Waals surface area contributed by atoms with Crippen LogP contribution < -0.4 is 0 Å². The highest BCUT2D eigenvalue weighted by molar-refractivity contribution is 7.80. The predicted molar refractivity (Wildman–Crippen MR) is 79.1 cm³/mol. The van der Waals surface area contributed by atoms with E-state index in [0.29, 0.717) is 5.41 Å². The number of thiol groups is 1. The van der Waals surface area contributed by atoms with Crippen molar-refractivity contribution in [1.82, 2.24) is 9.78 Å². The van der Waals surface area contributed by atoms with Crippen molar-refractivity contribution in [2.24, 2.45) is 5.41 Å². The smallest absolute Gasteiger partial charge is 0.0682 e. The van der Waals surface area contributed by atoms with E-state index < -0.39 is 0 Å². The number of aromatic nitrogens is 2. The topological polar surface area (TPSA) is 17.8 Å². The highest BCUT2D eigenvalue weighted by Crippen LogP contribution is 2.39. The van der Waals surface area contributed by atoms with E-state index >= 15 is 0 Å². The lowest BCUT2D eigenvalue weighted by molar-refractivity contribution is 0.185. The third kappa shape index (κ3) is 2.16. The van der Waals surface area contributed by atoms with E-state index in [2.05, 4.69) is 46.7 Å². The minimum atomic E-state index is 0.357. The van der Waals surface area contributed by atoms with E-state index in [9.17, 15) is 0 Å². The zero-order valence-electron chi connectivity index (χ0n) is 10.7. The Morgan fingerprint density at radius 2 is 1.94 bits per heavy atom. The standard InChI is InChI=1S/C15H20N2S/c18-12-15(8-4-1-5-9-15)11-17-14-7-3-2-6-13(14)10-16-17/h2-3,6-7,10,18H,1,4-5,8-9,11-12H2. The molecule has 1 aromatic heterocycles. The maximum atomic E-state index is 4.61. The quantitative estimate of drug-likeness (QED) is 0.828. The first-order valence-corrected chi connectivity index (χ1v) is 7.48.